The first-order valence-corrected chi connectivity index (χ1v) is 9.17. The summed E-state index contributed by atoms with van der Waals surface area (Å²) in [6.45, 7) is 2.60. The van der Waals surface area contributed by atoms with Crippen LogP contribution in [0.1, 0.15) is 33.9 Å². The van der Waals surface area contributed by atoms with Crippen molar-refractivity contribution >= 4 is 17.2 Å². The molecular weight excluding hydrogens is 322 g/mol. The number of nitrogens with zero attached hydrogens (tertiary/aromatic N) is 1. The van der Waals surface area contributed by atoms with E-state index in [0.717, 1.165) is 31.1 Å². The van der Waals surface area contributed by atoms with Gasteiger partial charge >= 0.3 is 0 Å². The molecule has 24 heavy (non-hydrogen) atoms. The van der Waals surface area contributed by atoms with Gasteiger partial charge in [0.1, 0.15) is 5.69 Å². The predicted molar refractivity (Wildman–Crippen MR) is 95.4 cm³/mol. The largest absolute Gasteiger partial charge is 0.381 e. The van der Waals surface area contributed by atoms with Gasteiger partial charge in [0.2, 0.25) is 0 Å². The van der Waals surface area contributed by atoms with Crippen molar-refractivity contribution in [3.05, 3.63) is 52.0 Å². The molecule has 0 radical (unpaired) electrons. The number of nitrogens with one attached hydrogen (secondary N) is 1. The van der Waals surface area contributed by atoms with Crippen molar-refractivity contribution in [3.8, 4) is 0 Å². The number of benzene rings is 1. The first kappa shape index (κ1) is 17.1. The molecule has 0 saturated carbocycles. The fourth-order valence-electron chi connectivity index (χ4n) is 3.11. The van der Waals surface area contributed by atoms with Crippen molar-refractivity contribution in [1.29, 1.82) is 0 Å². The van der Waals surface area contributed by atoms with Gasteiger partial charge in [-0.05, 0) is 24.9 Å². The number of aromatic nitrogens is 1. The van der Waals surface area contributed by atoms with Crippen LogP contribution in [0, 0.1) is 0 Å². The summed E-state index contributed by atoms with van der Waals surface area (Å²) in [5.41, 5.74) is 7.22. The van der Waals surface area contributed by atoms with Crippen LogP contribution in [0.25, 0.3) is 0 Å². The number of ether oxygens (including phenoxy) is 1. The molecule has 1 aromatic carbocycles. The summed E-state index contributed by atoms with van der Waals surface area (Å²) in [5, 5.41) is 5.80. The summed E-state index contributed by atoms with van der Waals surface area (Å²) in [5.74, 6) is -0.115. The van der Waals surface area contributed by atoms with Crippen molar-refractivity contribution in [1.82, 2.24) is 10.3 Å². The molecular formula is C18H23N3O2S. The lowest BCUT2D eigenvalue weighted by atomic mass is 9.74. The Balaban J connectivity index is 1.70. The summed E-state index contributed by atoms with van der Waals surface area (Å²) in [6.07, 6.45) is 2.53. The van der Waals surface area contributed by atoms with Crippen molar-refractivity contribution in [2.75, 3.05) is 26.3 Å². The molecule has 0 atom stereocenters. The van der Waals surface area contributed by atoms with Crippen LogP contribution in [0.2, 0.25) is 0 Å². The Morgan fingerprint density at radius 3 is 2.75 bits per heavy atom. The first-order valence-electron chi connectivity index (χ1n) is 8.29. The number of amides is 1. The van der Waals surface area contributed by atoms with Crippen LogP contribution in [-0.4, -0.2) is 37.2 Å². The second-order valence-corrected chi connectivity index (χ2v) is 7.05. The number of rotatable bonds is 6. The summed E-state index contributed by atoms with van der Waals surface area (Å²) in [7, 11) is 0. The van der Waals surface area contributed by atoms with Gasteiger partial charge in [-0.25, -0.2) is 4.98 Å². The maximum atomic E-state index is 12.4. The number of carbonyl (C=O) groups is 1. The van der Waals surface area contributed by atoms with Gasteiger partial charge in [0, 0.05) is 37.0 Å². The Bertz CT molecular complexity index is 666. The maximum absolute atomic E-state index is 12.4. The molecule has 2 aromatic rings. The lowest BCUT2D eigenvalue weighted by molar-refractivity contribution is 0.0487. The summed E-state index contributed by atoms with van der Waals surface area (Å²) in [6, 6.07) is 10.4. The van der Waals surface area contributed by atoms with Gasteiger partial charge in [-0.1, -0.05) is 30.3 Å². The van der Waals surface area contributed by atoms with Crippen LogP contribution in [0.3, 0.4) is 0 Å². The van der Waals surface area contributed by atoms with Crippen molar-refractivity contribution in [2.45, 2.75) is 24.7 Å². The number of hydrogen-bond donors (Lipinski definition) is 2. The van der Waals surface area contributed by atoms with E-state index in [-0.39, 0.29) is 11.3 Å². The second kappa shape index (κ2) is 7.88. The number of hydrogen-bond acceptors (Lipinski definition) is 5. The van der Waals surface area contributed by atoms with Gasteiger partial charge in [-0.15, -0.1) is 11.3 Å². The molecule has 0 unspecified atom stereocenters. The van der Waals surface area contributed by atoms with Crippen LogP contribution in [0.5, 0.6) is 0 Å². The average molecular weight is 345 g/mol. The fraction of sp³-hybridized carbons (Fsp3) is 0.444. The van der Waals surface area contributed by atoms with Gasteiger partial charge in [-0.2, -0.15) is 0 Å². The quantitative estimate of drug-likeness (QED) is 0.841. The predicted octanol–water partition coefficient (Wildman–Crippen LogP) is 2.12. The van der Waals surface area contributed by atoms with E-state index >= 15 is 0 Å². The molecule has 3 N–H and O–H groups in total. The second-order valence-electron chi connectivity index (χ2n) is 6.11. The summed E-state index contributed by atoms with van der Waals surface area (Å²) in [4.78, 5) is 16.8. The van der Waals surface area contributed by atoms with E-state index in [9.17, 15) is 4.79 Å². The minimum absolute atomic E-state index is 0.0642. The molecule has 3 rings (SSSR count). The third kappa shape index (κ3) is 3.83. The molecule has 1 aliphatic rings. The fourth-order valence-corrected chi connectivity index (χ4v) is 3.91. The van der Waals surface area contributed by atoms with Crippen molar-refractivity contribution < 1.29 is 9.53 Å². The molecule has 2 heterocycles. The summed E-state index contributed by atoms with van der Waals surface area (Å²) < 4.78 is 5.53. The van der Waals surface area contributed by atoms with E-state index in [0.29, 0.717) is 25.2 Å². The number of carbonyl (C=O) groups excluding carboxylic acids is 1. The first-order chi connectivity index (χ1) is 11.7. The monoisotopic (exact) mass is 345 g/mol. The Morgan fingerprint density at radius 1 is 1.29 bits per heavy atom. The molecule has 1 saturated heterocycles. The summed E-state index contributed by atoms with van der Waals surface area (Å²) >= 11 is 1.49. The highest BCUT2D eigenvalue weighted by atomic mass is 32.1. The standard InChI is InChI=1S/C18H23N3O2S/c19-9-6-16-21-15(12-24-16)17(22)20-13-18(7-10-23-11-8-18)14-4-2-1-3-5-14/h1-5,12H,6-11,13,19H2,(H,20,22). The van der Waals surface area contributed by atoms with E-state index in [1.54, 1.807) is 5.38 Å². The Morgan fingerprint density at radius 2 is 2.04 bits per heavy atom. The van der Waals surface area contributed by atoms with Gasteiger partial charge in [0.15, 0.2) is 0 Å². The molecule has 0 bridgehead atoms. The third-order valence-electron chi connectivity index (χ3n) is 4.57. The minimum Gasteiger partial charge on any atom is -0.381 e. The zero-order valence-electron chi connectivity index (χ0n) is 13.7. The molecule has 0 spiro atoms. The smallest absolute Gasteiger partial charge is 0.270 e. The Hall–Kier alpha value is -1.76. The van der Waals surface area contributed by atoms with E-state index in [1.165, 1.54) is 16.9 Å². The normalized spacial score (nSPS) is 16.7. The molecule has 0 aliphatic carbocycles. The van der Waals surface area contributed by atoms with Gasteiger partial charge in [-0.3, -0.25) is 4.79 Å². The van der Waals surface area contributed by atoms with Gasteiger partial charge < -0.3 is 15.8 Å². The van der Waals surface area contributed by atoms with E-state index in [2.05, 4.69) is 22.4 Å². The topological polar surface area (TPSA) is 77.2 Å². The number of nitrogens with two attached hydrogens (primary N) is 1. The number of thiazole rings is 1. The minimum atomic E-state index is -0.115. The molecule has 5 nitrogen and oxygen atoms in total. The van der Waals surface area contributed by atoms with E-state index in [1.807, 2.05) is 18.2 Å². The van der Waals surface area contributed by atoms with Crippen molar-refractivity contribution in [2.24, 2.45) is 5.73 Å². The van der Waals surface area contributed by atoms with Crippen LogP contribution in [-0.2, 0) is 16.6 Å². The molecule has 1 fully saturated rings. The average Bonchev–Trinajstić information content (AvgIpc) is 3.10. The molecule has 128 valence electrons. The van der Waals surface area contributed by atoms with E-state index < -0.39 is 0 Å². The highest BCUT2D eigenvalue weighted by molar-refractivity contribution is 7.09. The van der Waals surface area contributed by atoms with Crippen LogP contribution in [0.15, 0.2) is 35.7 Å². The van der Waals surface area contributed by atoms with Crippen molar-refractivity contribution in [3.63, 3.8) is 0 Å². The lowest BCUT2D eigenvalue weighted by Crippen LogP contribution is -2.44. The SMILES string of the molecule is NCCc1nc(C(=O)NCC2(c3ccccc3)CCOCC2)cs1. The van der Waals surface area contributed by atoms with Gasteiger partial charge in [0.05, 0.1) is 5.01 Å². The molecule has 1 aliphatic heterocycles. The zero-order chi connectivity index (χ0) is 16.8. The zero-order valence-corrected chi connectivity index (χ0v) is 14.5. The molecule has 6 heteroatoms. The van der Waals surface area contributed by atoms with E-state index in [4.69, 9.17) is 10.5 Å². The van der Waals surface area contributed by atoms with Crippen LogP contribution >= 0.6 is 11.3 Å². The van der Waals surface area contributed by atoms with Gasteiger partial charge in [0.25, 0.3) is 5.91 Å². The highest BCUT2D eigenvalue weighted by Crippen LogP contribution is 2.34. The van der Waals surface area contributed by atoms with Crippen LogP contribution < -0.4 is 11.1 Å². The Kier molecular flexibility index (Phi) is 5.60. The maximum Gasteiger partial charge on any atom is 0.270 e. The lowest BCUT2D eigenvalue weighted by Gasteiger charge is -2.37. The Labute approximate surface area is 146 Å². The van der Waals surface area contributed by atoms with Crippen LogP contribution in [0.4, 0.5) is 0 Å². The molecule has 1 aromatic heterocycles. The highest BCUT2D eigenvalue weighted by Gasteiger charge is 2.34. The third-order valence-corrected chi connectivity index (χ3v) is 5.47. The molecule has 1 amide bonds.